The number of nitrogens with zero attached hydrogens (tertiary/aromatic N) is 1. The maximum Gasteiger partial charge on any atom is 0.226 e. The minimum atomic E-state index is 0. The fourth-order valence-electron chi connectivity index (χ4n) is 2.50. The Morgan fingerprint density at radius 1 is 1.31 bits per heavy atom. The first-order valence-electron chi connectivity index (χ1n) is 6.00. The van der Waals surface area contributed by atoms with Crippen LogP contribution in [0.3, 0.4) is 0 Å². The van der Waals surface area contributed by atoms with Crippen LogP contribution in [-0.2, 0) is 4.79 Å². The van der Waals surface area contributed by atoms with E-state index in [-0.39, 0.29) is 17.8 Å². The second kappa shape index (κ2) is 4.92. The van der Waals surface area contributed by atoms with Crippen LogP contribution in [0.5, 0.6) is 0 Å². The third-order valence-electron chi connectivity index (χ3n) is 4.03. The van der Waals surface area contributed by atoms with Crippen LogP contribution in [0.2, 0.25) is 0 Å². The molecule has 4 heteroatoms. The Hall–Kier alpha value is -0.280. The molecule has 0 bridgehead atoms. The van der Waals surface area contributed by atoms with Gasteiger partial charge in [0.25, 0.3) is 0 Å². The first kappa shape index (κ1) is 13.8. The second-order valence-electron chi connectivity index (χ2n) is 5.63. The molecule has 0 radical (unpaired) electrons. The van der Waals surface area contributed by atoms with Crippen molar-refractivity contribution < 1.29 is 4.79 Å². The number of amides is 1. The molecule has 1 unspecified atom stereocenters. The molecule has 0 aromatic rings. The summed E-state index contributed by atoms with van der Waals surface area (Å²) >= 11 is 0. The number of rotatable bonds is 2. The van der Waals surface area contributed by atoms with Gasteiger partial charge in [-0.1, -0.05) is 13.8 Å². The Labute approximate surface area is 104 Å². The lowest BCUT2D eigenvalue weighted by atomic mass is 10.0. The van der Waals surface area contributed by atoms with Crippen molar-refractivity contribution in [1.29, 1.82) is 0 Å². The number of hydrogen-bond acceptors (Lipinski definition) is 2. The van der Waals surface area contributed by atoms with Crippen molar-refractivity contribution >= 4 is 18.3 Å². The van der Waals surface area contributed by atoms with Crippen LogP contribution in [0, 0.1) is 11.3 Å². The number of nitrogens with one attached hydrogen (secondary N) is 1. The summed E-state index contributed by atoms with van der Waals surface area (Å²) in [5.41, 5.74) is 0.275. The molecule has 1 atom stereocenters. The zero-order chi connectivity index (χ0) is 11.1. The monoisotopic (exact) mass is 246 g/mol. The van der Waals surface area contributed by atoms with Crippen molar-refractivity contribution in [2.45, 2.75) is 39.2 Å². The minimum absolute atomic E-state index is 0. The highest BCUT2D eigenvalue weighted by molar-refractivity contribution is 5.85. The normalized spacial score (nSPS) is 28.4. The lowest BCUT2D eigenvalue weighted by Crippen LogP contribution is -2.44. The lowest BCUT2D eigenvalue weighted by Gasteiger charge is -2.32. The molecule has 0 aromatic carbocycles. The topological polar surface area (TPSA) is 32.3 Å². The molecule has 16 heavy (non-hydrogen) atoms. The Balaban J connectivity index is 0.00000128. The average Bonchev–Trinajstić information content (AvgIpc) is 2.87. The minimum Gasteiger partial charge on any atom is -0.342 e. The first-order chi connectivity index (χ1) is 7.04. The summed E-state index contributed by atoms with van der Waals surface area (Å²) in [4.78, 5) is 14.1. The van der Waals surface area contributed by atoms with Gasteiger partial charge in [0.15, 0.2) is 0 Å². The van der Waals surface area contributed by atoms with Crippen LogP contribution in [0.15, 0.2) is 0 Å². The van der Waals surface area contributed by atoms with Gasteiger partial charge in [-0.3, -0.25) is 4.79 Å². The van der Waals surface area contributed by atoms with Gasteiger partial charge in [-0.2, -0.15) is 0 Å². The Morgan fingerprint density at radius 2 is 1.81 bits per heavy atom. The quantitative estimate of drug-likeness (QED) is 0.804. The van der Waals surface area contributed by atoms with Gasteiger partial charge in [-0.05, 0) is 31.7 Å². The highest BCUT2D eigenvalue weighted by Crippen LogP contribution is 2.52. The maximum atomic E-state index is 12.1. The Kier molecular flexibility index (Phi) is 4.24. The van der Waals surface area contributed by atoms with Gasteiger partial charge in [0, 0.05) is 25.0 Å². The SMILES string of the molecule is CNC1CCN(C(=O)C2CC2(C)C)CC1.Cl. The van der Waals surface area contributed by atoms with Crippen LogP contribution < -0.4 is 5.32 Å². The van der Waals surface area contributed by atoms with Crippen molar-refractivity contribution in [2.75, 3.05) is 20.1 Å². The molecular formula is C12H23ClN2O. The Bertz CT molecular complexity index is 260. The molecule has 1 amide bonds. The molecule has 0 spiro atoms. The summed E-state index contributed by atoms with van der Waals surface area (Å²) in [6.07, 6.45) is 3.29. The lowest BCUT2D eigenvalue weighted by molar-refractivity contribution is -0.134. The van der Waals surface area contributed by atoms with Crippen LogP contribution >= 0.6 is 12.4 Å². The molecule has 1 saturated carbocycles. The summed E-state index contributed by atoms with van der Waals surface area (Å²) in [5.74, 6) is 0.707. The molecule has 1 aliphatic carbocycles. The molecule has 2 fully saturated rings. The number of carbonyl (C=O) groups is 1. The van der Waals surface area contributed by atoms with E-state index in [1.54, 1.807) is 0 Å². The third-order valence-corrected chi connectivity index (χ3v) is 4.03. The van der Waals surface area contributed by atoms with Crippen molar-refractivity contribution in [2.24, 2.45) is 11.3 Å². The summed E-state index contributed by atoms with van der Waals surface area (Å²) < 4.78 is 0. The van der Waals surface area contributed by atoms with Crippen LogP contribution in [0.1, 0.15) is 33.1 Å². The van der Waals surface area contributed by atoms with E-state index in [0.717, 1.165) is 32.4 Å². The number of hydrogen-bond donors (Lipinski definition) is 1. The predicted octanol–water partition coefficient (Wildman–Crippen LogP) is 1.66. The van der Waals surface area contributed by atoms with Crippen LogP contribution in [-0.4, -0.2) is 37.0 Å². The molecule has 0 aromatic heterocycles. The van der Waals surface area contributed by atoms with Crippen LogP contribution in [0.25, 0.3) is 0 Å². The van der Waals surface area contributed by atoms with E-state index in [0.29, 0.717) is 17.9 Å². The first-order valence-corrected chi connectivity index (χ1v) is 6.00. The van der Waals surface area contributed by atoms with E-state index < -0.39 is 0 Å². The summed E-state index contributed by atoms with van der Waals surface area (Å²) in [6, 6.07) is 0.612. The van der Waals surface area contributed by atoms with Gasteiger partial charge < -0.3 is 10.2 Å². The van der Waals surface area contributed by atoms with E-state index in [1.165, 1.54) is 0 Å². The van der Waals surface area contributed by atoms with Gasteiger partial charge in [0.05, 0.1) is 0 Å². The number of likely N-dealkylation sites (tertiary alicyclic amines) is 1. The van der Waals surface area contributed by atoms with E-state index in [9.17, 15) is 4.79 Å². The number of piperidine rings is 1. The summed E-state index contributed by atoms with van der Waals surface area (Å²) in [5, 5.41) is 3.29. The standard InChI is InChI=1S/C12H22N2O.ClH/c1-12(2)8-10(12)11(15)14-6-4-9(13-3)5-7-14;/h9-10,13H,4-8H2,1-3H3;1H. The van der Waals surface area contributed by atoms with Gasteiger partial charge in [0.2, 0.25) is 5.91 Å². The van der Waals surface area contributed by atoms with Crippen molar-refractivity contribution in [3.05, 3.63) is 0 Å². The number of carbonyl (C=O) groups excluding carboxylic acids is 1. The molecule has 1 N–H and O–H groups in total. The van der Waals surface area contributed by atoms with Crippen molar-refractivity contribution in [3.8, 4) is 0 Å². The molecule has 94 valence electrons. The summed E-state index contributed by atoms with van der Waals surface area (Å²) in [7, 11) is 2.01. The average molecular weight is 247 g/mol. The Morgan fingerprint density at radius 3 is 2.19 bits per heavy atom. The maximum absolute atomic E-state index is 12.1. The predicted molar refractivity (Wildman–Crippen MR) is 67.8 cm³/mol. The van der Waals surface area contributed by atoms with E-state index in [4.69, 9.17) is 0 Å². The highest BCUT2D eigenvalue weighted by Gasteiger charge is 2.52. The van der Waals surface area contributed by atoms with E-state index >= 15 is 0 Å². The third kappa shape index (κ3) is 2.69. The van der Waals surface area contributed by atoms with Crippen molar-refractivity contribution in [3.63, 3.8) is 0 Å². The number of halogens is 1. The molecule has 1 saturated heterocycles. The fourth-order valence-corrected chi connectivity index (χ4v) is 2.50. The molecule has 2 aliphatic rings. The zero-order valence-electron chi connectivity index (χ0n) is 10.5. The van der Waals surface area contributed by atoms with Crippen LogP contribution in [0.4, 0.5) is 0 Å². The van der Waals surface area contributed by atoms with Crippen molar-refractivity contribution in [1.82, 2.24) is 10.2 Å². The van der Waals surface area contributed by atoms with Gasteiger partial charge >= 0.3 is 0 Å². The van der Waals surface area contributed by atoms with Gasteiger partial charge in [-0.15, -0.1) is 12.4 Å². The van der Waals surface area contributed by atoms with Gasteiger partial charge in [0.1, 0.15) is 0 Å². The highest BCUT2D eigenvalue weighted by atomic mass is 35.5. The summed E-state index contributed by atoms with van der Waals surface area (Å²) in [6.45, 7) is 6.26. The van der Waals surface area contributed by atoms with Gasteiger partial charge in [-0.25, -0.2) is 0 Å². The molecule has 1 heterocycles. The molecule has 3 nitrogen and oxygen atoms in total. The molecule has 2 rings (SSSR count). The second-order valence-corrected chi connectivity index (χ2v) is 5.63. The zero-order valence-corrected chi connectivity index (χ0v) is 11.3. The molecule has 1 aliphatic heterocycles. The largest absolute Gasteiger partial charge is 0.342 e. The fraction of sp³-hybridized carbons (Fsp3) is 0.917. The van der Waals surface area contributed by atoms with E-state index in [1.807, 2.05) is 7.05 Å². The smallest absolute Gasteiger partial charge is 0.226 e. The van der Waals surface area contributed by atoms with E-state index in [2.05, 4.69) is 24.1 Å². The molecular weight excluding hydrogens is 224 g/mol.